The average Bonchev–Trinajstić information content (AvgIpc) is 2.89. The number of alkyl halides is 1. The van der Waals surface area contributed by atoms with Crippen LogP contribution >= 0.6 is 15.9 Å². The van der Waals surface area contributed by atoms with E-state index in [0.717, 1.165) is 25.7 Å². The smallest absolute Gasteiger partial charge is 0.207 e. The maximum atomic E-state index is 12.7. The molecule has 0 aromatic heterocycles. The number of aryl methyl sites for hydroxylation is 2. The fourth-order valence-corrected chi connectivity index (χ4v) is 5.13. The Labute approximate surface area is 129 Å². The van der Waals surface area contributed by atoms with Gasteiger partial charge in [0.25, 0.3) is 0 Å². The third kappa shape index (κ3) is 2.55. The molecule has 1 aromatic carbocycles. The number of benzene rings is 1. The van der Waals surface area contributed by atoms with Gasteiger partial charge in [-0.05, 0) is 54.9 Å². The minimum Gasteiger partial charge on any atom is -0.207 e. The first-order valence-corrected chi connectivity index (χ1v) is 9.60. The Kier molecular flexibility index (Phi) is 3.95. The molecule has 20 heavy (non-hydrogen) atoms. The van der Waals surface area contributed by atoms with Crippen LogP contribution in [0.25, 0.3) is 0 Å². The summed E-state index contributed by atoms with van der Waals surface area (Å²) in [5.74, 6) is 0.355. The molecule has 0 amide bonds. The van der Waals surface area contributed by atoms with Crippen LogP contribution in [0.1, 0.15) is 30.9 Å². The molecule has 2 atom stereocenters. The third-order valence-corrected chi connectivity index (χ3v) is 7.69. The number of piperidine rings is 1. The molecule has 1 saturated heterocycles. The Morgan fingerprint density at radius 2 is 2.00 bits per heavy atom. The summed E-state index contributed by atoms with van der Waals surface area (Å²) in [5, 5.41) is 0. The van der Waals surface area contributed by atoms with Gasteiger partial charge in [-0.2, -0.15) is 4.31 Å². The van der Waals surface area contributed by atoms with Gasteiger partial charge in [0.15, 0.2) is 0 Å². The highest BCUT2D eigenvalue weighted by molar-refractivity contribution is 9.09. The zero-order valence-electron chi connectivity index (χ0n) is 11.7. The fraction of sp³-hybridized carbons (Fsp3) is 0.600. The summed E-state index contributed by atoms with van der Waals surface area (Å²) in [7, 11) is -3.33. The molecular formula is C15H20BrNO2S. The third-order valence-electron chi connectivity index (χ3n) is 4.47. The number of hydrogen-bond acceptors (Lipinski definition) is 2. The van der Waals surface area contributed by atoms with Gasteiger partial charge in [-0.1, -0.05) is 28.9 Å². The highest BCUT2D eigenvalue weighted by atomic mass is 79.9. The van der Waals surface area contributed by atoms with E-state index in [9.17, 15) is 8.42 Å². The molecule has 1 heterocycles. The maximum absolute atomic E-state index is 12.7. The molecule has 2 aliphatic rings. The van der Waals surface area contributed by atoms with Crippen molar-refractivity contribution in [1.82, 2.24) is 4.31 Å². The van der Waals surface area contributed by atoms with E-state index in [0.29, 0.717) is 28.7 Å². The Balaban J connectivity index is 1.88. The Hall–Kier alpha value is -0.390. The van der Waals surface area contributed by atoms with E-state index in [2.05, 4.69) is 22.9 Å². The van der Waals surface area contributed by atoms with Crippen LogP contribution in [-0.4, -0.2) is 30.6 Å². The van der Waals surface area contributed by atoms with Crippen molar-refractivity contribution in [2.24, 2.45) is 5.92 Å². The zero-order valence-corrected chi connectivity index (χ0v) is 14.1. The van der Waals surface area contributed by atoms with Gasteiger partial charge < -0.3 is 0 Å². The van der Waals surface area contributed by atoms with Crippen LogP contribution in [0.2, 0.25) is 0 Å². The first kappa shape index (κ1) is 14.5. The molecule has 0 spiro atoms. The average molecular weight is 358 g/mol. The van der Waals surface area contributed by atoms with E-state index in [1.54, 1.807) is 10.4 Å². The highest BCUT2D eigenvalue weighted by Gasteiger charge is 2.32. The topological polar surface area (TPSA) is 37.4 Å². The highest BCUT2D eigenvalue weighted by Crippen LogP contribution is 2.30. The van der Waals surface area contributed by atoms with Crippen LogP contribution in [0.5, 0.6) is 0 Å². The van der Waals surface area contributed by atoms with Crippen molar-refractivity contribution in [2.75, 3.05) is 13.1 Å². The molecule has 3 nitrogen and oxygen atoms in total. The minimum absolute atomic E-state index is 0.355. The predicted molar refractivity (Wildman–Crippen MR) is 83.7 cm³/mol. The van der Waals surface area contributed by atoms with E-state index in [4.69, 9.17) is 0 Å². The molecule has 1 aromatic rings. The Morgan fingerprint density at radius 1 is 1.25 bits per heavy atom. The number of nitrogens with zero attached hydrogens (tertiary/aromatic N) is 1. The largest absolute Gasteiger partial charge is 0.243 e. The second kappa shape index (κ2) is 5.43. The SMILES string of the molecule is CC1CN(S(=O)(=O)c2ccc3c(c2)CCC3)CCC1Br. The van der Waals surface area contributed by atoms with Gasteiger partial charge in [-0.3, -0.25) is 0 Å². The fourth-order valence-electron chi connectivity index (χ4n) is 3.15. The molecule has 0 N–H and O–H groups in total. The lowest BCUT2D eigenvalue weighted by molar-refractivity contribution is 0.292. The zero-order chi connectivity index (χ0) is 14.3. The van der Waals surface area contributed by atoms with Crippen molar-refractivity contribution >= 4 is 26.0 Å². The molecule has 5 heteroatoms. The van der Waals surface area contributed by atoms with E-state index in [1.807, 2.05) is 12.1 Å². The van der Waals surface area contributed by atoms with Crippen molar-refractivity contribution in [3.8, 4) is 0 Å². The minimum atomic E-state index is -3.33. The first-order chi connectivity index (χ1) is 9.48. The summed E-state index contributed by atoms with van der Waals surface area (Å²) in [6.07, 6.45) is 4.12. The number of rotatable bonds is 2. The number of sulfonamides is 1. The summed E-state index contributed by atoms with van der Waals surface area (Å²) < 4.78 is 27.1. The first-order valence-electron chi connectivity index (χ1n) is 7.24. The van der Waals surface area contributed by atoms with Gasteiger partial charge in [0, 0.05) is 17.9 Å². The van der Waals surface area contributed by atoms with Gasteiger partial charge in [-0.25, -0.2) is 8.42 Å². The predicted octanol–water partition coefficient (Wildman–Crippen LogP) is 2.97. The van der Waals surface area contributed by atoms with E-state index in [1.165, 1.54) is 11.1 Å². The normalized spacial score (nSPS) is 27.5. The molecule has 1 aliphatic carbocycles. The number of fused-ring (bicyclic) bond motifs is 1. The van der Waals surface area contributed by atoms with Gasteiger partial charge in [0.1, 0.15) is 0 Å². The van der Waals surface area contributed by atoms with Crippen LogP contribution in [0.4, 0.5) is 0 Å². The van der Waals surface area contributed by atoms with Crippen LogP contribution < -0.4 is 0 Å². The van der Waals surface area contributed by atoms with Crippen molar-refractivity contribution < 1.29 is 8.42 Å². The lowest BCUT2D eigenvalue weighted by Gasteiger charge is -2.33. The second-order valence-corrected chi connectivity index (χ2v) is 9.04. The summed E-state index contributed by atoms with van der Waals surface area (Å²) in [4.78, 5) is 0.896. The van der Waals surface area contributed by atoms with Crippen molar-refractivity contribution in [2.45, 2.75) is 42.3 Å². The summed E-state index contributed by atoms with van der Waals surface area (Å²) >= 11 is 3.62. The number of hydrogen-bond donors (Lipinski definition) is 0. The molecule has 1 aliphatic heterocycles. The van der Waals surface area contributed by atoms with E-state index < -0.39 is 10.0 Å². The molecule has 0 saturated carbocycles. The van der Waals surface area contributed by atoms with Gasteiger partial charge >= 0.3 is 0 Å². The van der Waals surface area contributed by atoms with E-state index >= 15 is 0 Å². The standard InChI is InChI=1S/C15H20BrNO2S/c1-11-10-17(8-7-15(11)16)20(18,19)14-6-5-12-3-2-4-13(12)9-14/h5-6,9,11,15H,2-4,7-8,10H2,1H3. The van der Waals surface area contributed by atoms with E-state index in [-0.39, 0.29) is 0 Å². The van der Waals surface area contributed by atoms with Crippen LogP contribution in [-0.2, 0) is 22.9 Å². The Bertz CT molecular complexity index is 614. The molecule has 110 valence electrons. The monoisotopic (exact) mass is 357 g/mol. The Morgan fingerprint density at radius 3 is 2.75 bits per heavy atom. The van der Waals surface area contributed by atoms with Crippen molar-refractivity contribution in [1.29, 1.82) is 0 Å². The molecule has 0 radical (unpaired) electrons. The molecule has 2 unspecified atom stereocenters. The molecule has 1 fully saturated rings. The van der Waals surface area contributed by atoms with Crippen molar-refractivity contribution in [3.63, 3.8) is 0 Å². The molecular weight excluding hydrogens is 338 g/mol. The van der Waals surface area contributed by atoms with Crippen LogP contribution in [0.3, 0.4) is 0 Å². The molecule has 3 rings (SSSR count). The second-order valence-electron chi connectivity index (χ2n) is 5.93. The van der Waals surface area contributed by atoms with Crippen molar-refractivity contribution in [3.05, 3.63) is 29.3 Å². The summed E-state index contributed by atoms with van der Waals surface area (Å²) in [5.41, 5.74) is 2.53. The lowest BCUT2D eigenvalue weighted by Crippen LogP contribution is -2.43. The maximum Gasteiger partial charge on any atom is 0.243 e. The molecule has 0 bridgehead atoms. The van der Waals surface area contributed by atoms with Gasteiger partial charge in [-0.15, -0.1) is 0 Å². The lowest BCUT2D eigenvalue weighted by atomic mass is 10.0. The number of halogens is 1. The van der Waals surface area contributed by atoms with Gasteiger partial charge in [0.2, 0.25) is 10.0 Å². The van der Waals surface area contributed by atoms with Crippen LogP contribution in [0, 0.1) is 5.92 Å². The summed E-state index contributed by atoms with van der Waals surface area (Å²) in [6.45, 7) is 3.32. The van der Waals surface area contributed by atoms with Crippen LogP contribution in [0.15, 0.2) is 23.1 Å². The van der Waals surface area contributed by atoms with Gasteiger partial charge in [0.05, 0.1) is 4.90 Å². The quantitative estimate of drug-likeness (QED) is 0.763. The summed E-state index contributed by atoms with van der Waals surface area (Å²) in [6, 6.07) is 5.67.